The first kappa shape index (κ1) is 21.9. The van der Waals surface area contributed by atoms with E-state index in [2.05, 4.69) is 32.0 Å². The van der Waals surface area contributed by atoms with E-state index in [9.17, 15) is 14.5 Å². The Morgan fingerprint density at radius 2 is 2.19 bits per heavy atom. The van der Waals surface area contributed by atoms with Crippen LogP contribution < -0.4 is 5.32 Å². The molecule has 1 atom stereocenters. The van der Waals surface area contributed by atoms with Crippen molar-refractivity contribution in [1.29, 1.82) is 0 Å². The van der Waals surface area contributed by atoms with Gasteiger partial charge in [0.15, 0.2) is 5.82 Å². The average molecular weight is 456 g/mol. The quantitative estimate of drug-likeness (QED) is 0.360. The molecule has 1 N–H and O–H groups in total. The molecular formula is C22H19ClFN5O3. The number of hydrogen-bond donors (Lipinski definition) is 1. The summed E-state index contributed by atoms with van der Waals surface area (Å²) in [5.74, 6) is 5.49. The summed E-state index contributed by atoms with van der Waals surface area (Å²) in [6.07, 6.45) is 1.29. The molecule has 1 unspecified atom stereocenters. The van der Waals surface area contributed by atoms with Gasteiger partial charge >= 0.3 is 0 Å². The molecule has 1 saturated heterocycles. The minimum absolute atomic E-state index is 0.0547. The highest BCUT2D eigenvalue weighted by molar-refractivity contribution is 6.31. The Morgan fingerprint density at radius 3 is 2.94 bits per heavy atom. The minimum atomic E-state index is -0.738. The zero-order valence-corrected chi connectivity index (χ0v) is 18.1. The molecular weight excluding hydrogens is 437 g/mol. The Bertz CT molecular complexity index is 1280. The molecule has 1 aromatic heterocycles. The molecule has 8 nitrogen and oxygen atoms in total. The van der Waals surface area contributed by atoms with E-state index in [0.717, 1.165) is 6.54 Å². The van der Waals surface area contributed by atoms with E-state index < -0.39 is 16.3 Å². The van der Waals surface area contributed by atoms with Gasteiger partial charge in [-0.05, 0) is 32.2 Å². The predicted octanol–water partition coefficient (Wildman–Crippen LogP) is 4.15. The number of ether oxygens (including phenoxy) is 1. The van der Waals surface area contributed by atoms with Crippen LogP contribution in [0, 0.1) is 27.8 Å². The number of nitrogens with zero attached hydrogens (tertiary/aromatic N) is 4. The fourth-order valence-electron chi connectivity index (χ4n) is 3.51. The number of likely N-dealkylation sites (N-methyl/N-ethyl adjacent to an activating group) is 1. The van der Waals surface area contributed by atoms with Gasteiger partial charge in [0.1, 0.15) is 23.3 Å². The van der Waals surface area contributed by atoms with Gasteiger partial charge in [0.05, 0.1) is 27.8 Å². The highest BCUT2D eigenvalue weighted by Gasteiger charge is 2.28. The molecule has 0 spiro atoms. The fourth-order valence-corrected chi connectivity index (χ4v) is 3.69. The third kappa shape index (κ3) is 4.48. The number of halogens is 2. The van der Waals surface area contributed by atoms with Gasteiger partial charge in [-0.25, -0.2) is 14.4 Å². The van der Waals surface area contributed by atoms with Gasteiger partial charge < -0.3 is 15.0 Å². The molecule has 4 rings (SSSR count). The largest absolute Gasteiger partial charge is 0.360 e. The normalized spacial score (nSPS) is 18.8. The van der Waals surface area contributed by atoms with E-state index in [-0.39, 0.29) is 27.8 Å². The second kappa shape index (κ2) is 8.67. The topological polar surface area (TPSA) is 93.4 Å². The summed E-state index contributed by atoms with van der Waals surface area (Å²) in [4.78, 5) is 21.7. The van der Waals surface area contributed by atoms with Gasteiger partial charge in [-0.2, -0.15) is 0 Å². The van der Waals surface area contributed by atoms with Crippen molar-refractivity contribution in [2.24, 2.45) is 0 Å². The Balaban J connectivity index is 1.77. The third-order valence-corrected chi connectivity index (χ3v) is 5.37. The van der Waals surface area contributed by atoms with Crippen LogP contribution in [-0.4, -0.2) is 52.1 Å². The summed E-state index contributed by atoms with van der Waals surface area (Å²) in [5, 5.41) is 14.9. The average Bonchev–Trinajstić information content (AvgIpc) is 2.75. The van der Waals surface area contributed by atoms with Crippen molar-refractivity contribution in [1.82, 2.24) is 14.9 Å². The first-order valence-electron chi connectivity index (χ1n) is 9.76. The van der Waals surface area contributed by atoms with Crippen LogP contribution in [0.4, 0.5) is 21.6 Å². The van der Waals surface area contributed by atoms with Gasteiger partial charge in [0.25, 0.3) is 5.69 Å². The van der Waals surface area contributed by atoms with E-state index in [4.69, 9.17) is 16.3 Å². The van der Waals surface area contributed by atoms with E-state index >= 15 is 0 Å². The lowest BCUT2D eigenvalue weighted by Crippen LogP contribution is -2.47. The Kier molecular flexibility index (Phi) is 5.93. The molecule has 1 aliphatic heterocycles. The molecule has 32 heavy (non-hydrogen) atoms. The number of rotatable bonds is 3. The van der Waals surface area contributed by atoms with E-state index in [1.165, 1.54) is 30.6 Å². The lowest BCUT2D eigenvalue weighted by atomic mass is 10.0. The molecule has 0 amide bonds. The Morgan fingerprint density at radius 1 is 1.38 bits per heavy atom. The maximum atomic E-state index is 14.3. The van der Waals surface area contributed by atoms with Gasteiger partial charge in [0.2, 0.25) is 0 Å². The van der Waals surface area contributed by atoms with Crippen molar-refractivity contribution in [3.63, 3.8) is 0 Å². The number of fused-ring (bicyclic) bond motifs is 1. The second-order valence-electron chi connectivity index (χ2n) is 7.66. The number of nitro benzene ring substituents is 1. The van der Waals surface area contributed by atoms with Gasteiger partial charge in [-0.1, -0.05) is 29.5 Å². The molecule has 2 aromatic carbocycles. The molecule has 0 bridgehead atoms. The summed E-state index contributed by atoms with van der Waals surface area (Å²) >= 11 is 5.84. The van der Waals surface area contributed by atoms with Crippen molar-refractivity contribution in [3.05, 3.63) is 63.2 Å². The molecule has 0 saturated carbocycles. The SMILES string of the molecule is CN1CCOC(C)(C#Cc2cc3ncnc(Nc4cccc(Cl)c4F)c3cc2[N+](=O)[O-])C1. The third-order valence-electron chi connectivity index (χ3n) is 5.08. The first-order chi connectivity index (χ1) is 15.3. The molecule has 1 fully saturated rings. The second-order valence-corrected chi connectivity index (χ2v) is 8.07. The van der Waals surface area contributed by atoms with Crippen LogP contribution in [0.3, 0.4) is 0 Å². The van der Waals surface area contributed by atoms with Crippen LogP contribution >= 0.6 is 11.6 Å². The van der Waals surface area contributed by atoms with Crippen LogP contribution in [-0.2, 0) is 4.74 Å². The van der Waals surface area contributed by atoms with Crippen LogP contribution in [0.5, 0.6) is 0 Å². The first-order valence-corrected chi connectivity index (χ1v) is 10.1. The molecule has 0 radical (unpaired) electrons. The summed E-state index contributed by atoms with van der Waals surface area (Å²) in [7, 11) is 1.97. The van der Waals surface area contributed by atoms with Crippen molar-refractivity contribution in [2.75, 3.05) is 32.1 Å². The van der Waals surface area contributed by atoms with Crippen LogP contribution in [0.1, 0.15) is 12.5 Å². The molecule has 10 heteroatoms. The Hall–Kier alpha value is -3.32. The van der Waals surface area contributed by atoms with Gasteiger partial charge in [0, 0.05) is 24.5 Å². The highest BCUT2D eigenvalue weighted by Crippen LogP contribution is 2.31. The molecule has 3 aromatic rings. The summed E-state index contributed by atoms with van der Waals surface area (Å²) < 4.78 is 20.1. The highest BCUT2D eigenvalue weighted by atomic mass is 35.5. The number of hydrogen-bond acceptors (Lipinski definition) is 7. The lowest BCUT2D eigenvalue weighted by molar-refractivity contribution is -0.385. The zero-order chi connectivity index (χ0) is 22.9. The van der Waals surface area contributed by atoms with Crippen molar-refractivity contribution < 1.29 is 14.1 Å². The van der Waals surface area contributed by atoms with E-state index in [0.29, 0.717) is 24.1 Å². The molecule has 164 valence electrons. The monoisotopic (exact) mass is 455 g/mol. The summed E-state index contributed by atoms with van der Waals surface area (Å²) in [6, 6.07) is 7.35. The number of nitrogens with one attached hydrogen (secondary N) is 1. The number of morpholine rings is 1. The fraction of sp³-hybridized carbons (Fsp3) is 0.273. The maximum absolute atomic E-state index is 14.3. The van der Waals surface area contributed by atoms with Gasteiger partial charge in [-0.3, -0.25) is 10.1 Å². The van der Waals surface area contributed by atoms with Crippen LogP contribution in [0.2, 0.25) is 5.02 Å². The minimum Gasteiger partial charge on any atom is -0.360 e. The number of nitro groups is 1. The van der Waals surface area contributed by atoms with Crippen LogP contribution in [0.25, 0.3) is 10.9 Å². The van der Waals surface area contributed by atoms with Crippen LogP contribution in [0.15, 0.2) is 36.7 Å². The number of aromatic nitrogens is 2. The van der Waals surface area contributed by atoms with Gasteiger partial charge in [-0.15, -0.1) is 0 Å². The van der Waals surface area contributed by atoms with Crippen molar-refractivity contribution in [3.8, 4) is 11.8 Å². The van der Waals surface area contributed by atoms with Crippen molar-refractivity contribution >= 4 is 39.7 Å². The standard InChI is InChI=1S/C22H19ClFN5O3/c1-22(12-28(2)8-9-32-22)7-6-14-10-18-15(11-19(14)29(30)31)21(26-13-25-18)27-17-5-3-4-16(23)20(17)24/h3-5,10-11,13H,8-9,12H2,1-2H3,(H,25,26,27). The maximum Gasteiger partial charge on any atom is 0.285 e. The summed E-state index contributed by atoms with van der Waals surface area (Å²) in [6.45, 7) is 3.77. The number of anilines is 2. The van der Waals surface area contributed by atoms with Crippen molar-refractivity contribution in [2.45, 2.75) is 12.5 Å². The van der Waals surface area contributed by atoms with E-state index in [1.54, 1.807) is 6.07 Å². The number of benzene rings is 2. The van der Waals surface area contributed by atoms with E-state index in [1.807, 2.05) is 14.0 Å². The predicted molar refractivity (Wildman–Crippen MR) is 120 cm³/mol. The smallest absolute Gasteiger partial charge is 0.285 e. The molecule has 2 heterocycles. The zero-order valence-electron chi connectivity index (χ0n) is 17.4. The summed E-state index contributed by atoms with van der Waals surface area (Å²) in [5.41, 5.74) is -0.221. The lowest BCUT2D eigenvalue weighted by Gasteiger charge is -2.35. The molecule has 1 aliphatic rings. The Labute approximate surface area is 188 Å². The molecule has 0 aliphatic carbocycles.